The van der Waals surface area contributed by atoms with Crippen LogP contribution in [-0.2, 0) is 16.4 Å². The molecule has 1 aliphatic heterocycles. The second-order valence-electron chi connectivity index (χ2n) is 5.69. The molecule has 1 unspecified atom stereocenters. The number of aromatic nitrogens is 2. The highest BCUT2D eigenvalue weighted by atomic mass is 32.2. The molecule has 0 spiro atoms. The van der Waals surface area contributed by atoms with E-state index in [4.69, 9.17) is 4.42 Å². The molecule has 3 heterocycles. The molecular formula is C15H18N4O4S. The SMILES string of the molecule is CN(C(=O)c1cc(NCc2ccco2)ncn1)C1CCS(=O)(=O)C1. The third-order valence-electron chi connectivity index (χ3n) is 3.99. The van der Waals surface area contributed by atoms with Gasteiger partial charge in [-0.3, -0.25) is 4.79 Å². The van der Waals surface area contributed by atoms with Crippen LogP contribution in [0.5, 0.6) is 0 Å². The lowest BCUT2D eigenvalue weighted by molar-refractivity contribution is 0.0741. The Kier molecular flexibility index (Phi) is 4.52. The number of hydrogen-bond donors (Lipinski definition) is 1. The molecular weight excluding hydrogens is 332 g/mol. The van der Waals surface area contributed by atoms with Gasteiger partial charge in [-0.25, -0.2) is 18.4 Å². The lowest BCUT2D eigenvalue weighted by Crippen LogP contribution is -2.38. The number of anilines is 1. The number of hydrogen-bond acceptors (Lipinski definition) is 7. The molecule has 1 amide bonds. The van der Waals surface area contributed by atoms with Crippen LogP contribution >= 0.6 is 0 Å². The summed E-state index contributed by atoms with van der Waals surface area (Å²) < 4.78 is 28.4. The smallest absolute Gasteiger partial charge is 0.272 e. The molecule has 1 aliphatic rings. The van der Waals surface area contributed by atoms with E-state index in [9.17, 15) is 13.2 Å². The first-order chi connectivity index (χ1) is 11.4. The van der Waals surface area contributed by atoms with Gasteiger partial charge in [0, 0.05) is 19.2 Å². The molecule has 8 nitrogen and oxygen atoms in total. The number of sulfone groups is 1. The summed E-state index contributed by atoms with van der Waals surface area (Å²) in [4.78, 5) is 22.0. The summed E-state index contributed by atoms with van der Waals surface area (Å²) >= 11 is 0. The Hall–Kier alpha value is -2.42. The minimum absolute atomic E-state index is 0.00389. The summed E-state index contributed by atoms with van der Waals surface area (Å²) in [6.07, 6.45) is 3.34. The normalized spacial score (nSPS) is 19.1. The summed E-state index contributed by atoms with van der Waals surface area (Å²) in [7, 11) is -1.44. The monoisotopic (exact) mass is 350 g/mol. The second-order valence-corrected chi connectivity index (χ2v) is 7.92. The standard InChI is InChI=1S/C15H18N4O4S/c1-19(11-4-6-24(21,22)9-11)15(20)13-7-14(18-10-17-13)16-8-12-3-2-5-23-12/h2-3,5,7,10-11H,4,6,8-9H2,1H3,(H,16,17,18). The van der Waals surface area contributed by atoms with Crippen molar-refractivity contribution in [3.05, 3.63) is 42.2 Å². The second kappa shape index (κ2) is 6.60. The zero-order valence-electron chi connectivity index (χ0n) is 13.2. The van der Waals surface area contributed by atoms with E-state index in [1.165, 1.54) is 11.2 Å². The fourth-order valence-electron chi connectivity index (χ4n) is 2.59. The molecule has 2 aromatic rings. The van der Waals surface area contributed by atoms with Gasteiger partial charge in [-0.15, -0.1) is 0 Å². The van der Waals surface area contributed by atoms with Crippen LogP contribution in [0.25, 0.3) is 0 Å². The van der Waals surface area contributed by atoms with Gasteiger partial charge in [0.1, 0.15) is 23.6 Å². The molecule has 0 aromatic carbocycles. The van der Waals surface area contributed by atoms with Crippen molar-refractivity contribution in [3.63, 3.8) is 0 Å². The fourth-order valence-corrected chi connectivity index (χ4v) is 4.36. The van der Waals surface area contributed by atoms with E-state index in [-0.39, 0.29) is 29.1 Å². The summed E-state index contributed by atoms with van der Waals surface area (Å²) in [6, 6.07) is 4.85. The molecule has 1 N–H and O–H groups in total. The van der Waals surface area contributed by atoms with E-state index in [0.29, 0.717) is 18.8 Å². The Morgan fingerprint density at radius 2 is 2.29 bits per heavy atom. The summed E-state index contributed by atoms with van der Waals surface area (Å²) in [5.41, 5.74) is 0.221. The van der Waals surface area contributed by atoms with Crippen molar-refractivity contribution < 1.29 is 17.6 Å². The van der Waals surface area contributed by atoms with Crippen molar-refractivity contribution in [2.45, 2.75) is 19.0 Å². The van der Waals surface area contributed by atoms with E-state index in [1.807, 2.05) is 6.07 Å². The molecule has 128 valence electrons. The zero-order chi connectivity index (χ0) is 17.2. The highest BCUT2D eigenvalue weighted by Crippen LogP contribution is 2.18. The maximum atomic E-state index is 12.5. The number of carbonyl (C=O) groups excluding carboxylic acids is 1. The van der Waals surface area contributed by atoms with Crippen LogP contribution in [-0.4, -0.2) is 53.8 Å². The lowest BCUT2D eigenvalue weighted by Gasteiger charge is -2.23. The van der Waals surface area contributed by atoms with Gasteiger partial charge in [0.15, 0.2) is 9.84 Å². The van der Waals surface area contributed by atoms with Crippen LogP contribution in [0.2, 0.25) is 0 Å². The van der Waals surface area contributed by atoms with Gasteiger partial charge in [0.05, 0.1) is 24.3 Å². The lowest BCUT2D eigenvalue weighted by atomic mass is 10.2. The van der Waals surface area contributed by atoms with Crippen LogP contribution < -0.4 is 5.32 Å². The Morgan fingerprint density at radius 1 is 1.46 bits per heavy atom. The Balaban J connectivity index is 1.67. The quantitative estimate of drug-likeness (QED) is 0.855. The zero-order valence-corrected chi connectivity index (χ0v) is 14.0. The summed E-state index contributed by atoms with van der Waals surface area (Å²) in [5, 5.41) is 3.05. The van der Waals surface area contributed by atoms with Crippen molar-refractivity contribution in [2.24, 2.45) is 0 Å². The van der Waals surface area contributed by atoms with Gasteiger partial charge in [0.2, 0.25) is 0 Å². The molecule has 24 heavy (non-hydrogen) atoms. The number of nitrogens with zero attached hydrogens (tertiary/aromatic N) is 3. The molecule has 0 aliphatic carbocycles. The number of nitrogens with one attached hydrogen (secondary N) is 1. The molecule has 2 aromatic heterocycles. The number of furan rings is 1. The fraction of sp³-hybridized carbons (Fsp3) is 0.400. The largest absolute Gasteiger partial charge is 0.467 e. The topological polar surface area (TPSA) is 105 Å². The third-order valence-corrected chi connectivity index (χ3v) is 5.74. The molecule has 3 rings (SSSR count). The summed E-state index contributed by atoms with van der Waals surface area (Å²) in [6.45, 7) is 0.439. The highest BCUT2D eigenvalue weighted by Gasteiger charge is 2.33. The molecule has 0 bridgehead atoms. The molecule has 1 fully saturated rings. The molecule has 1 saturated heterocycles. The predicted octanol–water partition coefficient (Wildman–Crippen LogP) is 0.941. The Bertz CT molecular complexity index is 820. The third kappa shape index (κ3) is 3.73. The number of amides is 1. The van der Waals surface area contributed by atoms with Crippen LogP contribution in [0.3, 0.4) is 0 Å². The van der Waals surface area contributed by atoms with Crippen LogP contribution in [0.1, 0.15) is 22.7 Å². The van der Waals surface area contributed by atoms with Crippen molar-refractivity contribution in [1.29, 1.82) is 0 Å². The van der Waals surface area contributed by atoms with Crippen molar-refractivity contribution in [1.82, 2.24) is 14.9 Å². The number of carbonyl (C=O) groups is 1. The van der Waals surface area contributed by atoms with Gasteiger partial charge in [0.25, 0.3) is 5.91 Å². The highest BCUT2D eigenvalue weighted by molar-refractivity contribution is 7.91. The summed E-state index contributed by atoms with van der Waals surface area (Å²) in [5.74, 6) is 1.05. The Morgan fingerprint density at radius 3 is 2.96 bits per heavy atom. The first-order valence-electron chi connectivity index (χ1n) is 7.50. The van der Waals surface area contributed by atoms with Crippen LogP contribution in [0.4, 0.5) is 5.82 Å². The van der Waals surface area contributed by atoms with Gasteiger partial charge in [-0.05, 0) is 18.6 Å². The molecule has 0 saturated carbocycles. The van der Waals surface area contributed by atoms with Crippen LogP contribution in [0, 0.1) is 0 Å². The van der Waals surface area contributed by atoms with Crippen molar-refractivity contribution in [3.8, 4) is 0 Å². The van der Waals surface area contributed by atoms with Crippen LogP contribution in [0.15, 0.2) is 35.2 Å². The van der Waals surface area contributed by atoms with Gasteiger partial charge in [-0.1, -0.05) is 0 Å². The first-order valence-corrected chi connectivity index (χ1v) is 9.32. The van der Waals surface area contributed by atoms with Gasteiger partial charge < -0.3 is 14.6 Å². The Labute approximate surface area is 139 Å². The van der Waals surface area contributed by atoms with Gasteiger partial charge >= 0.3 is 0 Å². The van der Waals surface area contributed by atoms with E-state index in [0.717, 1.165) is 5.76 Å². The van der Waals surface area contributed by atoms with E-state index in [2.05, 4.69) is 15.3 Å². The predicted molar refractivity (Wildman–Crippen MR) is 87.2 cm³/mol. The van der Waals surface area contributed by atoms with E-state index >= 15 is 0 Å². The van der Waals surface area contributed by atoms with Crippen molar-refractivity contribution in [2.75, 3.05) is 23.9 Å². The number of rotatable bonds is 5. The minimum atomic E-state index is -3.05. The maximum Gasteiger partial charge on any atom is 0.272 e. The minimum Gasteiger partial charge on any atom is -0.467 e. The average molecular weight is 350 g/mol. The molecule has 1 atom stereocenters. The first kappa shape index (κ1) is 16.4. The maximum absolute atomic E-state index is 12.5. The van der Waals surface area contributed by atoms with E-state index < -0.39 is 9.84 Å². The average Bonchev–Trinajstić information content (AvgIpc) is 3.21. The van der Waals surface area contributed by atoms with Crippen molar-refractivity contribution >= 4 is 21.6 Å². The molecule has 0 radical (unpaired) electrons. The van der Waals surface area contributed by atoms with E-state index in [1.54, 1.807) is 25.4 Å². The van der Waals surface area contributed by atoms with Gasteiger partial charge in [-0.2, -0.15) is 0 Å². The molecule has 9 heteroatoms.